The topological polar surface area (TPSA) is 160 Å². The van der Waals surface area contributed by atoms with E-state index in [-0.39, 0.29) is 12.1 Å². The number of nitrogen functional groups attached to an aromatic ring is 1. The van der Waals surface area contributed by atoms with Gasteiger partial charge in [-0.3, -0.25) is 15.0 Å². The number of benzene rings is 1. The van der Waals surface area contributed by atoms with Gasteiger partial charge in [-0.05, 0) is 48.2 Å². The normalized spacial score (nSPS) is 22.5. The van der Waals surface area contributed by atoms with Crippen LogP contribution in [0.4, 0.5) is 5.82 Å². The fraction of sp³-hybridized carbons (Fsp3) is 0.321. The van der Waals surface area contributed by atoms with E-state index in [0.29, 0.717) is 40.3 Å². The second-order valence-electron chi connectivity index (χ2n) is 10.4. The molecule has 1 aliphatic heterocycles. The molecule has 4 unspecified atom stereocenters. The molecule has 1 aliphatic rings. The molecule has 0 saturated carbocycles. The summed E-state index contributed by atoms with van der Waals surface area (Å²) in [6.07, 6.45) is 5.96. The van der Waals surface area contributed by atoms with Crippen molar-refractivity contribution in [3.05, 3.63) is 77.2 Å². The molecule has 11 nitrogen and oxygen atoms in total. The van der Waals surface area contributed by atoms with Gasteiger partial charge >= 0.3 is 0 Å². The zero-order valence-electron chi connectivity index (χ0n) is 22.2. The second kappa shape index (κ2) is 10.4. The summed E-state index contributed by atoms with van der Waals surface area (Å²) in [6, 6.07) is 13.9. The van der Waals surface area contributed by atoms with Crippen LogP contribution in [0.25, 0.3) is 28.0 Å². The molecular formula is C28H31BrN10O. The number of hydrogen-bond acceptors (Lipinski definition) is 9. The molecule has 5 heterocycles. The second-order valence-corrected chi connectivity index (χ2v) is 11.2. The molecule has 0 radical (unpaired) electrons. The molecular weight excluding hydrogens is 572 g/mol. The smallest absolute Gasteiger partial charge is 0.168 e. The van der Waals surface area contributed by atoms with E-state index in [4.69, 9.17) is 16.5 Å². The highest BCUT2D eigenvalue weighted by Gasteiger charge is 2.46. The highest BCUT2D eigenvalue weighted by Crippen LogP contribution is 2.44. The Morgan fingerprint density at radius 3 is 2.60 bits per heavy atom. The molecule has 0 aliphatic carbocycles. The molecule has 1 saturated heterocycles. The van der Waals surface area contributed by atoms with Crippen molar-refractivity contribution >= 4 is 27.4 Å². The molecule has 4 atom stereocenters. The van der Waals surface area contributed by atoms with Crippen molar-refractivity contribution < 1.29 is 5.11 Å². The first-order valence-corrected chi connectivity index (χ1v) is 14.0. The average Bonchev–Trinajstić information content (AvgIpc) is 3.66. The van der Waals surface area contributed by atoms with E-state index in [1.165, 1.54) is 6.33 Å². The highest BCUT2D eigenvalue weighted by molar-refractivity contribution is 9.10. The van der Waals surface area contributed by atoms with Crippen molar-refractivity contribution in [3.8, 4) is 22.4 Å². The largest absolute Gasteiger partial charge is 0.383 e. The number of likely N-dealkylation sites (tertiary alicyclic amines) is 1. The van der Waals surface area contributed by atoms with Gasteiger partial charge < -0.3 is 16.6 Å². The lowest BCUT2D eigenvalue weighted by molar-refractivity contribution is -0.0931. The third-order valence-electron chi connectivity index (χ3n) is 7.86. The maximum atomic E-state index is 11.1. The summed E-state index contributed by atoms with van der Waals surface area (Å²) in [5, 5.41) is 22.3. The van der Waals surface area contributed by atoms with Crippen LogP contribution in [0, 0.1) is 0 Å². The van der Waals surface area contributed by atoms with Crippen LogP contribution in [0.15, 0.2) is 65.7 Å². The van der Waals surface area contributed by atoms with Crippen molar-refractivity contribution in [3.63, 3.8) is 0 Å². The third kappa shape index (κ3) is 4.46. The maximum Gasteiger partial charge on any atom is 0.168 e. The number of piperidine rings is 1. The molecule has 6 rings (SSSR count). The lowest BCUT2D eigenvalue weighted by Crippen LogP contribution is -2.58. The van der Waals surface area contributed by atoms with Crippen molar-refractivity contribution in [2.24, 2.45) is 5.73 Å². The lowest BCUT2D eigenvalue weighted by atomic mass is 9.77. The number of aliphatic hydroxyl groups is 1. The molecule has 4 aromatic heterocycles. The molecule has 12 heteroatoms. The minimum atomic E-state index is -0.913. The Kier molecular flexibility index (Phi) is 6.87. The summed E-state index contributed by atoms with van der Waals surface area (Å²) in [7, 11) is 0. The summed E-state index contributed by atoms with van der Waals surface area (Å²) in [5.41, 5.74) is 17.9. The number of nitrogens with one attached hydrogen (secondary N) is 1. The summed E-state index contributed by atoms with van der Waals surface area (Å²) in [5.74, 6) is 0.838. The first-order chi connectivity index (χ1) is 19.3. The number of hydrogen-bond donors (Lipinski definition) is 4. The molecule has 0 amide bonds. The third-order valence-corrected chi connectivity index (χ3v) is 8.64. The van der Waals surface area contributed by atoms with E-state index in [1.807, 2.05) is 53.6 Å². The van der Waals surface area contributed by atoms with Gasteiger partial charge in [0.05, 0.1) is 27.6 Å². The van der Waals surface area contributed by atoms with E-state index >= 15 is 0 Å². The molecule has 5 aromatic rings. The van der Waals surface area contributed by atoms with Gasteiger partial charge in [-0.2, -0.15) is 14.7 Å². The van der Waals surface area contributed by atoms with Gasteiger partial charge in [0.2, 0.25) is 0 Å². The van der Waals surface area contributed by atoms with Crippen LogP contribution in [-0.2, 0) is 5.54 Å². The SMILES string of the molecule is CCC1CC(N)(c2nc3c(-c4ccc(-c5ccccc5)nc4)cnn3c(N)c2Br)CC(C)N1C(O)c1ncn[nH]1. The zero-order valence-corrected chi connectivity index (χ0v) is 23.8. The minimum Gasteiger partial charge on any atom is -0.383 e. The number of nitrogens with zero attached hydrogens (tertiary/aromatic N) is 7. The summed E-state index contributed by atoms with van der Waals surface area (Å²) >= 11 is 3.68. The van der Waals surface area contributed by atoms with Crippen LogP contribution in [0.2, 0.25) is 0 Å². The highest BCUT2D eigenvalue weighted by atomic mass is 79.9. The quantitative estimate of drug-likeness (QED) is 0.225. The number of halogens is 1. The van der Waals surface area contributed by atoms with E-state index in [1.54, 1.807) is 10.7 Å². The lowest BCUT2D eigenvalue weighted by Gasteiger charge is -2.49. The Morgan fingerprint density at radius 2 is 1.93 bits per heavy atom. The fourth-order valence-electron chi connectivity index (χ4n) is 5.93. The Morgan fingerprint density at radius 1 is 1.12 bits per heavy atom. The zero-order chi connectivity index (χ0) is 28.0. The minimum absolute atomic E-state index is 0.0286. The van der Waals surface area contributed by atoms with Gasteiger partial charge in [-0.1, -0.05) is 43.3 Å². The number of rotatable bonds is 6. The number of fused-ring (bicyclic) bond motifs is 1. The number of H-pyrrole nitrogens is 1. The molecule has 0 spiro atoms. The van der Waals surface area contributed by atoms with E-state index in [2.05, 4.69) is 55.0 Å². The van der Waals surface area contributed by atoms with Crippen molar-refractivity contribution in [2.45, 2.75) is 57.0 Å². The van der Waals surface area contributed by atoms with Crippen molar-refractivity contribution in [1.29, 1.82) is 0 Å². The van der Waals surface area contributed by atoms with E-state index in [9.17, 15) is 5.11 Å². The number of anilines is 1. The predicted octanol–water partition coefficient (Wildman–Crippen LogP) is 4.03. The number of aromatic nitrogens is 7. The Labute approximate surface area is 239 Å². The fourth-order valence-corrected chi connectivity index (χ4v) is 6.58. The van der Waals surface area contributed by atoms with Gasteiger partial charge in [0.15, 0.2) is 17.7 Å². The summed E-state index contributed by atoms with van der Waals surface area (Å²) in [4.78, 5) is 16.0. The van der Waals surface area contributed by atoms with Crippen LogP contribution in [-0.4, -0.2) is 56.9 Å². The van der Waals surface area contributed by atoms with Gasteiger partial charge in [-0.25, -0.2) is 9.97 Å². The number of aromatic amines is 1. The van der Waals surface area contributed by atoms with Gasteiger partial charge in [0.25, 0.3) is 0 Å². The maximum absolute atomic E-state index is 11.1. The molecule has 206 valence electrons. The van der Waals surface area contributed by atoms with Gasteiger partial charge in [0, 0.05) is 35.0 Å². The van der Waals surface area contributed by atoms with E-state index < -0.39 is 11.8 Å². The van der Waals surface area contributed by atoms with Crippen LogP contribution < -0.4 is 11.5 Å². The molecule has 40 heavy (non-hydrogen) atoms. The first kappa shape index (κ1) is 26.5. The summed E-state index contributed by atoms with van der Waals surface area (Å²) in [6.45, 7) is 4.15. The molecule has 1 fully saturated rings. The van der Waals surface area contributed by atoms with E-state index in [0.717, 1.165) is 28.8 Å². The Balaban J connectivity index is 1.37. The predicted molar refractivity (Wildman–Crippen MR) is 156 cm³/mol. The van der Waals surface area contributed by atoms with Gasteiger partial charge in [0.1, 0.15) is 12.1 Å². The average molecular weight is 604 g/mol. The number of nitrogens with two attached hydrogens (primary N) is 2. The monoisotopic (exact) mass is 602 g/mol. The Hall–Kier alpha value is -3.71. The molecule has 6 N–H and O–H groups in total. The molecule has 1 aromatic carbocycles. The van der Waals surface area contributed by atoms with Crippen molar-refractivity contribution in [1.82, 2.24) is 39.7 Å². The molecule has 0 bridgehead atoms. The van der Waals surface area contributed by atoms with Crippen LogP contribution in [0.5, 0.6) is 0 Å². The standard InChI is InChI=1S/C28H31BrN10O/c1-3-19-12-28(31,11-16(2)38(19)27(40)25-33-15-34-37-25)23-22(29)24(30)39-26(36-23)20(14-35-39)18-9-10-21(32-13-18)17-7-5-4-6-8-17/h4-10,13-16,19,27,40H,3,11-12,30-31H2,1-2H3,(H,33,34,37). The number of aliphatic hydroxyl groups excluding tert-OH is 1. The van der Waals surface area contributed by atoms with Crippen molar-refractivity contribution in [2.75, 3.05) is 5.73 Å². The van der Waals surface area contributed by atoms with Crippen LogP contribution in [0.3, 0.4) is 0 Å². The Bertz CT molecular complexity index is 1620. The summed E-state index contributed by atoms with van der Waals surface area (Å²) < 4.78 is 2.25. The van der Waals surface area contributed by atoms with Crippen LogP contribution in [0.1, 0.15) is 50.9 Å². The first-order valence-electron chi connectivity index (χ1n) is 13.3. The number of pyridine rings is 1. The van der Waals surface area contributed by atoms with Gasteiger partial charge in [-0.15, -0.1) is 0 Å². The van der Waals surface area contributed by atoms with Crippen LogP contribution >= 0.6 is 15.9 Å².